The van der Waals surface area contributed by atoms with Crippen LogP contribution in [0.15, 0.2) is 12.1 Å². The second-order valence-electron chi connectivity index (χ2n) is 3.38. The molecule has 10 heteroatoms. The summed E-state index contributed by atoms with van der Waals surface area (Å²) in [6.07, 6.45) is 0.0814. The first kappa shape index (κ1) is 17.1. The minimum atomic E-state index is -3.22. The van der Waals surface area contributed by atoms with Crippen LogP contribution in [0.25, 0.3) is 0 Å². The summed E-state index contributed by atoms with van der Waals surface area (Å²) in [4.78, 5) is 22.1. The molecule has 0 saturated carbocycles. The smallest absolute Gasteiger partial charge is 0.319 e. The number of nitrogens with one attached hydrogen (secondary N) is 1. The minimum absolute atomic E-state index is 0.0814. The molecule has 1 N–H and O–H groups in total. The summed E-state index contributed by atoms with van der Waals surface area (Å²) in [6.45, 7) is 0. The number of Topliss-reactive ketones (excluding diaryl/α,β-unsaturated/α-hetero) is 1. The highest BCUT2D eigenvalue weighted by Gasteiger charge is 2.23. The van der Waals surface area contributed by atoms with Crippen LogP contribution in [0.5, 0.6) is 0 Å². The fraction of sp³-hybridized carbons (Fsp3) is 0.111. The van der Waals surface area contributed by atoms with Crippen LogP contribution in [0.1, 0.15) is 5.56 Å². The van der Waals surface area contributed by atoms with Gasteiger partial charge in [-0.05, 0) is 51.4 Å². The van der Waals surface area contributed by atoms with E-state index in [9.17, 15) is 14.2 Å². The Bertz CT molecular complexity index is 536. The molecule has 0 spiro atoms. The lowest BCUT2D eigenvalue weighted by atomic mass is 10.0. The molecule has 1 amide bonds. The lowest BCUT2D eigenvalue weighted by molar-refractivity contribution is -0.134. The van der Waals surface area contributed by atoms with Gasteiger partial charge in [0.15, 0.2) is 0 Å². The van der Waals surface area contributed by atoms with Gasteiger partial charge in [0.05, 0.1) is 10.0 Å². The first-order chi connectivity index (χ1) is 8.58. The number of halogens is 5. The van der Waals surface area contributed by atoms with E-state index in [0.29, 0.717) is 21.3 Å². The first-order valence-electron chi connectivity index (χ1n) is 4.59. The molecule has 1 aliphatic heterocycles. The Kier molecular flexibility index (Phi) is 5.99. The molecule has 0 aromatic heterocycles. The Hall–Kier alpha value is 0.0400. The van der Waals surface area contributed by atoms with Crippen LogP contribution < -0.4 is 5.32 Å². The molecule has 1 aromatic rings. The van der Waals surface area contributed by atoms with Gasteiger partial charge >= 0.3 is 5.20 Å². The molecule has 19 heavy (non-hydrogen) atoms. The maximum absolute atomic E-state index is 11.1. The Morgan fingerprint density at radius 1 is 1.05 bits per heavy atom. The van der Waals surface area contributed by atoms with E-state index in [-0.39, 0.29) is 6.42 Å². The molecule has 0 saturated heterocycles. The quantitative estimate of drug-likeness (QED) is 0.514. The SMILES string of the molecule is O=C1Cc2cc(Cl)c(Cl)cc2NC1=O.O=P(Cl)(Cl)Cl. The molecule has 0 bridgehead atoms. The molecule has 1 aromatic carbocycles. The summed E-state index contributed by atoms with van der Waals surface area (Å²) >= 11 is 25.4. The van der Waals surface area contributed by atoms with Crippen molar-refractivity contribution in [2.45, 2.75) is 6.42 Å². The Morgan fingerprint density at radius 3 is 2.05 bits per heavy atom. The molecule has 104 valence electrons. The van der Waals surface area contributed by atoms with E-state index in [0.717, 1.165) is 0 Å². The molecule has 0 fully saturated rings. The van der Waals surface area contributed by atoms with Crippen molar-refractivity contribution in [1.82, 2.24) is 0 Å². The Balaban J connectivity index is 0.000000312. The van der Waals surface area contributed by atoms with Crippen molar-refractivity contribution in [2.75, 3.05) is 5.32 Å². The van der Waals surface area contributed by atoms with Gasteiger partial charge in [-0.15, -0.1) is 0 Å². The number of ketones is 1. The second-order valence-corrected chi connectivity index (χ2v) is 10.8. The van der Waals surface area contributed by atoms with Gasteiger partial charge in [-0.1, -0.05) is 23.2 Å². The summed E-state index contributed by atoms with van der Waals surface area (Å²) in [5.74, 6) is -1.06. The van der Waals surface area contributed by atoms with Crippen LogP contribution >= 0.6 is 62.1 Å². The molecule has 1 heterocycles. The minimum Gasteiger partial charge on any atom is -0.319 e. The summed E-state index contributed by atoms with van der Waals surface area (Å²) in [7, 11) is 0. The number of carbonyl (C=O) groups is 2. The number of anilines is 1. The molecule has 4 nitrogen and oxygen atoms in total. The largest absolute Gasteiger partial charge is 0.339 e. The van der Waals surface area contributed by atoms with E-state index in [1.165, 1.54) is 0 Å². The third kappa shape index (κ3) is 5.90. The van der Waals surface area contributed by atoms with Gasteiger partial charge < -0.3 is 5.32 Å². The fourth-order valence-corrected chi connectivity index (χ4v) is 1.65. The summed E-state index contributed by atoms with van der Waals surface area (Å²) in [6, 6.07) is 3.14. The van der Waals surface area contributed by atoms with Crippen LogP contribution in [0.2, 0.25) is 10.0 Å². The lowest BCUT2D eigenvalue weighted by Crippen LogP contribution is -2.29. The molecule has 1 aliphatic rings. The number of benzene rings is 1. The van der Waals surface area contributed by atoms with Crippen LogP contribution in [-0.2, 0) is 20.6 Å². The zero-order valence-corrected chi connectivity index (χ0v) is 13.6. The van der Waals surface area contributed by atoms with Crippen LogP contribution in [0.3, 0.4) is 0 Å². The van der Waals surface area contributed by atoms with Crippen LogP contribution in [0.4, 0.5) is 5.69 Å². The topological polar surface area (TPSA) is 63.2 Å². The Morgan fingerprint density at radius 2 is 1.53 bits per heavy atom. The summed E-state index contributed by atoms with van der Waals surface area (Å²) in [5, 5.41) is -0.0313. The molecule has 0 aliphatic carbocycles. The zero-order valence-electron chi connectivity index (χ0n) is 8.92. The normalized spacial score (nSPS) is 14.2. The molecule has 0 radical (unpaired) electrons. The number of carbonyl (C=O) groups excluding carboxylic acids is 2. The lowest BCUT2D eigenvalue weighted by Gasteiger charge is -2.16. The molecule has 2 rings (SSSR count). The van der Waals surface area contributed by atoms with Gasteiger partial charge in [0, 0.05) is 12.1 Å². The van der Waals surface area contributed by atoms with E-state index < -0.39 is 16.9 Å². The van der Waals surface area contributed by atoms with E-state index in [2.05, 4.69) is 39.0 Å². The van der Waals surface area contributed by atoms with Gasteiger partial charge in [0.2, 0.25) is 5.78 Å². The van der Waals surface area contributed by atoms with Gasteiger partial charge in [-0.25, -0.2) is 0 Å². The van der Waals surface area contributed by atoms with Crippen molar-refractivity contribution >= 4 is 79.5 Å². The molecule has 0 unspecified atom stereocenters. The third-order valence-corrected chi connectivity index (χ3v) is 2.72. The summed E-state index contributed by atoms with van der Waals surface area (Å²) < 4.78 is 9.51. The number of rotatable bonds is 0. The van der Waals surface area contributed by atoms with E-state index in [1.807, 2.05) is 0 Å². The van der Waals surface area contributed by atoms with Gasteiger partial charge in [-0.3, -0.25) is 14.2 Å². The van der Waals surface area contributed by atoms with Crippen LogP contribution in [0, 0.1) is 0 Å². The second kappa shape index (κ2) is 6.66. The number of hydrogen-bond donors (Lipinski definition) is 1. The van der Waals surface area contributed by atoms with Crippen molar-refractivity contribution in [1.29, 1.82) is 0 Å². The zero-order chi connectivity index (χ0) is 14.8. The third-order valence-electron chi connectivity index (χ3n) is 2.00. The highest BCUT2D eigenvalue weighted by molar-refractivity contribution is 8.24. The predicted octanol–water partition coefficient (Wildman–Crippen LogP) is 4.87. The monoisotopic (exact) mass is 381 g/mol. The van der Waals surface area contributed by atoms with Crippen LogP contribution in [-0.4, -0.2) is 11.7 Å². The van der Waals surface area contributed by atoms with E-state index >= 15 is 0 Å². The van der Waals surface area contributed by atoms with Crippen molar-refractivity contribution < 1.29 is 14.2 Å². The van der Waals surface area contributed by atoms with Gasteiger partial charge in [0.25, 0.3) is 5.91 Å². The number of hydrogen-bond acceptors (Lipinski definition) is 3. The highest BCUT2D eigenvalue weighted by Crippen LogP contribution is 2.61. The summed E-state index contributed by atoms with van der Waals surface area (Å²) in [5.41, 5.74) is 1.26. The average molecular weight is 383 g/mol. The van der Waals surface area contributed by atoms with Crippen molar-refractivity contribution in [3.63, 3.8) is 0 Å². The molecular formula is C9H5Cl5NO3P. The maximum atomic E-state index is 11.1. The number of fused-ring (bicyclic) bond motifs is 1. The first-order valence-corrected chi connectivity index (χ1v) is 9.77. The maximum Gasteiger partial charge on any atom is 0.339 e. The van der Waals surface area contributed by atoms with E-state index in [1.54, 1.807) is 12.1 Å². The Labute approximate surface area is 133 Å². The molecule has 0 atom stereocenters. The fourth-order valence-electron chi connectivity index (χ4n) is 1.30. The van der Waals surface area contributed by atoms with Crippen molar-refractivity contribution in [2.24, 2.45) is 0 Å². The van der Waals surface area contributed by atoms with Gasteiger partial charge in [0.1, 0.15) is 0 Å². The average Bonchev–Trinajstić information content (AvgIpc) is 2.21. The van der Waals surface area contributed by atoms with E-state index in [4.69, 9.17) is 23.2 Å². The van der Waals surface area contributed by atoms with Gasteiger partial charge in [-0.2, -0.15) is 0 Å². The number of amides is 1. The molecular weight excluding hydrogens is 378 g/mol. The standard InChI is InChI=1S/C9H5Cl2NO2.Cl3OP/c10-5-1-4-2-8(13)9(14)12-7(4)3-6(5)11;1-5(2,3)4/h1,3H,2H2,(H,12,14);. The highest BCUT2D eigenvalue weighted by atomic mass is 36.0. The predicted molar refractivity (Wildman–Crippen MR) is 79.0 cm³/mol. The van der Waals surface area contributed by atoms with Crippen molar-refractivity contribution in [3.8, 4) is 0 Å². The van der Waals surface area contributed by atoms with Crippen molar-refractivity contribution in [3.05, 3.63) is 27.7 Å².